The third-order valence-corrected chi connectivity index (χ3v) is 5.54. The van der Waals surface area contributed by atoms with E-state index in [4.69, 9.17) is 26.2 Å². The molecule has 2 aromatic carbocycles. The fourth-order valence-electron chi connectivity index (χ4n) is 2.66. The SMILES string of the molecule is CCOc1cc(/C=N\N=C2NC(=O)[C@H](CC(=O)O)S2)ccc1OCc1ccccc1Cl. The number of nitrogens with zero attached hydrogens (tertiary/aromatic N) is 2. The maximum Gasteiger partial charge on any atom is 0.305 e. The van der Waals surface area contributed by atoms with E-state index in [-0.39, 0.29) is 17.5 Å². The largest absolute Gasteiger partial charge is 0.490 e. The van der Waals surface area contributed by atoms with Gasteiger partial charge in [0.1, 0.15) is 11.9 Å². The molecule has 0 radical (unpaired) electrons. The van der Waals surface area contributed by atoms with E-state index in [2.05, 4.69) is 15.5 Å². The molecule has 1 fully saturated rings. The molecule has 162 valence electrons. The van der Waals surface area contributed by atoms with E-state index in [0.29, 0.717) is 35.3 Å². The van der Waals surface area contributed by atoms with E-state index >= 15 is 0 Å². The summed E-state index contributed by atoms with van der Waals surface area (Å²) in [5.41, 5.74) is 1.58. The van der Waals surface area contributed by atoms with Gasteiger partial charge in [-0.3, -0.25) is 9.59 Å². The summed E-state index contributed by atoms with van der Waals surface area (Å²) < 4.78 is 11.5. The summed E-state index contributed by atoms with van der Waals surface area (Å²) in [6.07, 6.45) is 1.23. The predicted molar refractivity (Wildman–Crippen MR) is 120 cm³/mol. The van der Waals surface area contributed by atoms with E-state index in [1.807, 2.05) is 25.1 Å². The molecule has 1 heterocycles. The zero-order chi connectivity index (χ0) is 22.2. The number of carbonyl (C=O) groups excluding carboxylic acids is 1. The third-order valence-electron chi connectivity index (χ3n) is 4.10. The number of benzene rings is 2. The number of nitrogens with one attached hydrogen (secondary N) is 1. The minimum Gasteiger partial charge on any atom is -0.490 e. The molecule has 3 rings (SSSR count). The molecule has 2 aromatic rings. The van der Waals surface area contributed by atoms with Crippen LogP contribution < -0.4 is 14.8 Å². The zero-order valence-corrected chi connectivity index (χ0v) is 18.2. The van der Waals surface area contributed by atoms with Crippen molar-refractivity contribution in [2.24, 2.45) is 10.2 Å². The quantitative estimate of drug-likeness (QED) is 0.435. The lowest BCUT2D eigenvalue weighted by molar-refractivity contribution is -0.138. The lowest BCUT2D eigenvalue weighted by Crippen LogP contribution is -2.26. The second-order valence-electron chi connectivity index (χ2n) is 6.36. The molecular formula is C21H20ClN3O5S. The molecule has 1 aliphatic heterocycles. The van der Waals surface area contributed by atoms with Crippen LogP contribution in [0.1, 0.15) is 24.5 Å². The molecule has 1 aliphatic rings. The number of amidine groups is 1. The standard InChI is InChI=1S/C21H20ClN3O5S/c1-2-29-17-9-13(7-8-16(17)30-12-14-5-3-4-6-15(14)22)11-23-25-21-24-20(28)18(31-21)10-19(26)27/h3-9,11,18H,2,10,12H2,1H3,(H,26,27)(H,24,25,28)/b23-11-/t18-/m0/s1. The Hall–Kier alpha value is -3.04. The van der Waals surface area contributed by atoms with Crippen molar-refractivity contribution >= 4 is 46.6 Å². The number of carbonyl (C=O) groups is 2. The maximum absolute atomic E-state index is 11.7. The van der Waals surface area contributed by atoms with Crippen LogP contribution in [0.4, 0.5) is 0 Å². The highest BCUT2D eigenvalue weighted by molar-refractivity contribution is 8.15. The van der Waals surface area contributed by atoms with Crippen LogP contribution in [0.15, 0.2) is 52.7 Å². The first-order valence-electron chi connectivity index (χ1n) is 9.39. The Labute approximate surface area is 188 Å². The lowest BCUT2D eigenvalue weighted by atomic mass is 10.2. The topological polar surface area (TPSA) is 110 Å². The van der Waals surface area contributed by atoms with Gasteiger partial charge in [0, 0.05) is 10.6 Å². The summed E-state index contributed by atoms with van der Waals surface area (Å²) in [6.45, 7) is 2.63. The number of rotatable bonds is 9. The van der Waals surface area contributed by atoms with Crippen LogP contribution in [0.25, 0.3) is 0 Å². The van der Waals surface area contributed by atoms with Crippen molar-refractivity contribution in [2.45, 2.75) is 25.2 Å². The summed E-state index contributed by atoms with van der Waals surface area (Å²) in [7, 11) is 0. The minimum atomic E-state index is -1.04. The fraction of sp³-hybridized carbons (Fsp3) is 0.238. The zero-order valence-electron chi connectivity index (χ0n) is 16.6. The Balaban J connectivity index is 1.67. The Morgan fingerprint density at radius 1 is 1.26 bits per heavy atom. The number of halogens is 1. The molecule has 0 saturated carbocycles. The molecule has 31 heavy (non-hydrogen) atoms. The van der Waals surface area contributed by atoms with Crippen molar-refractivity contribution in [3.05, 3.63) is 58.6 Å². The Bertz CT molecular complexity index is 1030. The molecule has 1 amide bonds. The molecule has 8 nitrogen and oxygen atoms in total. The highest BCUT2D eigenvalue weighted by atomic mass is 35.5. The number of amides is 1. The smallest absolute Gasteiger partial charge is 0.305 e. The molecular weight excluding hydrogens is 442 g/mol. The summed E-state index contributed by atoms with van der Waals surface area (Å²) >= 11 is 7.21. The number of hydrogen-bond acceptors (Lipinski definition) is 7. The van der Waals surface area contributed by atoms with Crippen molar-refractivity contribution in [2.75, 3.05) is 6.61 Å². The fourth-order valence-corrected chi connectivity index (χ4v) is 3.76. The first-order chi connectivity index (χ1) is 15.0. The van der Waals surface area contributed by atoms with E-state index in [1.165, 1.54) is 6.21 Å². The van der Waals surface area contributed by atoms with Crippen LogP contribution in [0.2, 0.25) is 5.02 Å². The molecule has 10 heteroatoms. The molecule has 2 N–H and O–H groups in total. The molecule has 0 bridgehead atoms. The van der Waals surface area contributed by atoms with Crippen LogP contribution in [-0.2, 0) is 16.2 Å². The van der Waals surface area contributed by atoms with Gasteiger partial charge in [0.25, 0.3) is 0 Å². The summed E-state index contributed by atoms with van der Waals surface area (Å²) in [4.78, 5) is 22.5. The van der Waals surface area contributed by atoms with Crippen LogP contribution in [0, 0.1) is 0 Å². The number of hydrogen-bond donors (Lipinski definition) is 2. The first kappa shape index (κ1) is 22.6. The minimum absolute atomic E-state index is 0.261. The van der Waals surface area contributed by atoms with Gasteiger partial charge in [0.05, 0.1) is 19.2 Å². The highest BCUT2D eigenvalue weighted by Crippen LogP contribution is 2.30. The van der Waals surface area contributed by atoms with Gasteiger partial charge in [-0.25, -0.2) is 0 Å². The van der Waals surface area contributed by atoms with Crippen LogP contribution >= 0.6 is 23.4 Å². The number of ether oxygens (including phenoxy) is 2. The lowest BCUT2D eigenvalue weighted by Gasteiger charge is -2.13. The second kappa shape index (κ2) is 10.8. The summed E-state index contributed by atoms with van der Waals surface area (Å²) in [5, 5.41) is 19.4. The molecule has 0 spiro atoms. The Kier molecular flexibility index (Phi) is 7.91. The number of aliphatic carboxylic acids is 1. The van der Waals surface area contributed by atoms with Crippen molar-refractivity contribution in [1.82, 2.24) is 5.32 Å². The van der Waals surface area contributed by atoms with E-state index in [9.17, 15) is 9.59 Å². The summed E-state index contributed by atoms with van der Waals surface area (Å²) in [6, 6.07) is 12.8. The molecule has 0 aliphatic carbocycles. The average Bonchev–Trinajstić information content (AvgIpc) is 3.07. The number of thioether (sulfide) groups is 1. The van der Waals surface area contributed by atoms with Crippen LogP contribution in [-0.4, -0.2) is 40.2 Å². The second-order valence-corrected chi connectivity index (χ2v) is 7.96. The molecule has 1 saturated heterocycles. The van der Waals surface area contributed by atoms with Gasteiger partial charge in [0.2, 0.25) is 5.91 Å². The monoisotopic (exact) mass is 461 g/mol. The number of carboxylic acids is 1. The Morgan fingerprint density at radius 2 is 2.06 bits per heavy atom. The molecule has 0 unspecified atom stereocenters. The molecule has 1 atom stereocenters. The van der Waals surface area contributed by atoms with Gasteiger partial charge in [-0.1, -0.05) is 41.6 Å². The van der Waals surface area contributed by atoms with Crippen molar-refractivity contribution in [3.8, 4) is 11.5 Å². The average molecular weight is 462 g/mol. The Morgan fingerprint density at radius 3 is 2.81 bits per heavy atom. The van der Waals surface area contributed by atoms with E-state index in [0.717, 1.165) is 17.3 Å². The van der Waals surface area contributed by atoms with Crippen LogP contribution in [0.5, 0.6) is 11.5 Å². The van der Waals surface area contributed by atoms with Gasteiger partial charge in [-0.15, -0.1) is 5.10 Å². The van der Waals surface area contributed by atoms with Gasteiger partial charge >= 0.3 is 5.97 Å². The van der Waals surface area contributed by atoms with Crippen molar-refractivity contribution in [3.63, 3.8) is 0 Å². The van der Waals surface area contributed by atoms with E-state index < -0.39 is 11.2 Å². The van der Waals surface area contributed by atoms with Crippen molar-refractivity contribution in [1.29, 1.82) is 0 Å². The predicted octanol–water partition coefficient (Wildman–Crippen LogP) is 3.71. The third kappa shape index (κ3) is 6.47. The van der Waals surface area contributed by atoms with Crippen molar-refractivity contribution < 1.29 is 24.2 Å². The normalized spacial score (nSPS) is 17.2. The van der Waals surface area contributed by atoms with Gasteiger partial charge in [0.15, 0.2) is 16.7 Å². The first-order valence-corrected chi connectivity index (χ1v) is 10.7. The van der Waals surface area contributed by atoms with Gasteiger partial charge in [-0.2, -0.15) is 5.10 Å². The highest BCUT2D eigenvalue weighted by Gasteiger charge is 2.32. The van der Waals surface area contributed by atoms with Gasteiger partial charge < -0.3 is 19.9 Å². The summed E-state index contributed by atoms with van der Waals surface area (Å²) in [5.74, 6) is -0.311. The number of carboxylic acid groups (broad SMARTS) is 1. The van der Waals surface area contributed by atoms with E-state index in [1.54, 1.807) is 24.3 Å². The van der Waals surface area contributed by atoms with Gasteiger partial charge in [-0.05, 0) is 36.8 Å². The van der Waals surface area contributed by atoms with Crippen LogP contribution in [0.3, 0.4) is 0 Å². The maximum atomic E-state index is 11.7. The molecule has 0 aromatic heterocycles.